The van der Waals surface area contributed by atoms with Crippen molar-refractivity contribution in [2.45, 2.75) is 26.7 Å². The molecule has 3 heteroatoms. The Labute approximate surface area is 80.6 Å². The van der Waals surface area contributed by atoms with E-state index in [2.05, 4.69) is 12.3 Å². The fourth-order valence-electron chi connectivity index (χ4n) is 0.849. The van der Waals surface area contributed by atoms with Gasteiger partial charge in [0.1, 0.15) is 0 Å². The molecule has 0 aliphatic carbocycles. The Morgan fingerprint density at radius 2 is 2.31 bits per heavy atom. The number of ether oxygens (including phenoxy) is 1. The molecule has 0 unspecified atom stereocenters. The van der Waals surface area contributed by atoms with Gasteiger partial charge in [-0.2, -0.15) is 0 Å². The molecule has 0 rings (SSSR count). The monoisotopic (exact) mass is 184 g/mol. The number of nitrogens with two attached hydrogens (primary N) is 1. The van der Waals surface area contributed by atoms with Crippen molar-refractivity contribution in [3.8, 4) is 0 Å². The lowest BCUT2D eigenvalue weighted by Crippen LogP contribution is -2.23. The normalized spacial score (nSPS) is 12.4. The van der Waals surface area contributed by atoms with Gasteiger partial charge in [-0.1, -0.05) is 19.1 Å². The number of nitrogens with one attached hydrogen (secondary N) is 1. The lowest BCUT2D eigenvalue weighted by molar-refractivity contribution is 0.200. The molecular formula is C10H20N2O. The summed E-state index contributed by atoms with van der Waals surface area (Å²) in [7, 11) is 0. The average Bonchev–Trinajstić information content (AvgIpc) is 2.17. The van der Waals surface area contributed by atoms with Crippen LogP contribution in [0.4, 0.5) is 0 Å². The molecule has 0 atom stereocenters. The van der Waals surface area contributed by atoms with Crippen molar-refractivity contribution in [1.29, 1.82) is 0 Å². The second kappa shape index (κ2) is 9.29. The van der Waals surface area contributed by atoms with Gasteiger partial charge >= 0.3 is 0 Å². The Morgan fingerprint density at radius 3 is 2.85 bits per heavy atom. The minimum absolute atomic E-state index is 0.724. The predicted molar refractivity (Wildman–Crippen MR) is 55.9 cm³/mol. The largest absolute Gasteiger partial charge is 0.498 e. The second-order valence-electron chi connectivity index (χ2n) is 2.67. The van der Waals surface area contributed by atoms with Crippen LogP contribution >= 0.6 is 0 Å². The standard InChI is InChI=1S/C10H20N2O/c1-3-5-7-10(4-2)13-9-6-8-12-11/h3,5,7,12H,4,6,8-9,11H2,1-2H3/b5-3-,10-7+. The van der Waals surface area contributed by atoms with Gasteiger partial charge in [0.05, 0.1) is 12.4 Å². The molecule has 0 aliphatic rings. The van der Waals surface area contributed by atoms with E-state index in [1.807, 2.05) is 25.2 Å². The molecule has 0 spiro atoms. The van der Waals surface area contributed by atoms with Gasteiger partial charge in [0.25, 0.3) is 0 Å². The fraction of sp³-hybridized carbons (Fsp3) is 0.600. The number of hydrogen-bond donors (Lipinski definition) is 2. The van der Waals surface area contributed by atoms with Crippen LogP contribution in [0.5, 0.6) is 0 Å². The minimum Gasteiger partial charge on any atom is -0.498 e. The van der Waals surface area contributed by atoms with Crippen LogP contribution in [0.25, 0.3) is 0 Å². The molecule has 13 heavy (non-hydrogen) atoms. The summed E-state index contributed by atoms with van der Waals surface area (Å²) >= 11 is 0. The Morgan fingerprint density at radius 1 is 1.54 bits per heavy atom. The highest BCUT2D eigenvalue weighted by molar-refractivity contribution is 5.06. The molecule has 0 heterocycles. The minimum atomic E-state index is 0.724. The van der Waals surface area contributed by atoms with Gasteiger partial charge in [-0.05, 0) is 19.4 Å². The fourth-order valence-corrected chi connectivity index (χ4v) is 0.849. The first-order valence-corrected chi connectivity index (χ1v) is 4.73. The molecule has 0 amide bonds. The topological polar surface area (TPSA) is 47.3 Å². The van der Waals surface area contributed by atoms with E-state index in [1.54, 1.807) is 0 Å². The Hall–Kier alpha value is -0.800. The van der Waals surface area contributed by atoms with Crippen molar-refractivity contribution >= 4 is 0 Å². The summed E-state index contributed by atoms with van der Waals surface area (Å²) < 4.78 is 5.51. The first-order valence-electron chi connectivity index (χ1n) is 4.73. The summed E-state index contributed by atoms with van der Waals surface area (Å²) in [5.41, 5.74) is 2.59. The van der Waals surface area contributed by atoms with E-state index >= 15 is 0 Å². The maximum absolute atomic E-state index is 5.51. The molecule has 0 aromatic rings. The van der Waals surface area contributed by atoms with Gasteiger partial charge in [0.2, 0.25) is 0 Å². The third kappa shape index (κ3) is 7.56. The van der Waals surface area contributed by atoms with Crippen LogP contribution in [0.15, 0.2) is 24.0 Å². The lowest BCUT2D eigenvalue weighted by atomic mass is 10.3. The lowest BCUT2D eigenvalue weighted by Gasteiger charge is -2.07. The number of hydrogen-bond acceptors (Lipinski definition) is 3. The second-order valence-corrected chi connectivity index (χ2v) is 2.67. The van der Waals surface area contributed by atoms with Crippen molar-refractivity contribution in [2.75, 3.05) is 13.2 Å². The van der Waals surface area contributed by atoms with Crippen molar-refractivity contribution < 1.29 is 4.74 Å². The van der Waals surface area contributed by atoms with Crippen LogP contribution in [-0.4, -0.2) is 13.2 Å². The number of allylic oxidation sites excluding steroid dienone is 4. The van der Waals surface area contributed by atoms with Gasteiger partial charge < -0.3 is 4.74 Å². The molecule has 3 nitrogen and oxygen atoms in total. The molecule has 0 aromatic heterocycles. The maximum Gasteiger partial charge on any atom is 0.0956 e. The predicted octanol–water partition coefficient (Wildman–Crippen LogP) is 1.73. The quantitative estimate of drug-likeness (QED) is 0.208. The molecule has 0 fully saturated rings. The van der Waals surface area contributed by atoms with E-state index in [1.165, 1.54) is 0 Å². The number of rotatable bonds is 7. The van der Waals surface area contributed by atoms with E-state index in [0.29, 0.717) is 0 Å². The molecular weight excluding hydrogens is 164 g/mol. The molecule has 0 saturated carbocycles. The summed E-state index contributed by atoms with van der Waals surface area (Å²) in [6, 6.07) is 0. The summed E-state index contributed by atoms with van der Waals surface area (Å²) in [6.45, 7) is 5.58. The first kappa shape index (κ1) is 12.2. The Balaban J connectivity index is 3.59. The zero-order chi connectivity index (χ0) is 9.94. The molecule has 0 saturated heterocycles. The van der Waals surface area contributed by atoms with Crippen LogP contribution in [0, 0.1) is 0 Å². The van der Waals surface area contributed by atoms with Crippen molar-refractivity contribution in [3.63, 3.8) is 0 Å². The third-order valence-corrected chi connectivity index (χ3v) is 1.58. The molecule has 0 aliphatic heterocycles. The van der Waals surface area contributed by atoms with Gasteiger partial charge in [-0.25, -0.2) is 0 Å². The van der Waals surface area contributed by atoms with Crippen molar-refractivity contribution in [2.24, 2.45) is 5.84 Å². The summed E-state index contributed by atoms with van der Waals surface area (Å²) in [5, 5.41) is 0. The van der Waals surface area contributed by atoms with E-state index in [9.17, 15) is 0 Å². The van der Waals surface area contributed by atoms with Crippen LogP contribution < -0.4 is 11.3 Å². The highest BCUT2D eigenvalue weighted by Crippen LogP contribution is 2.03. The van der Waals surface area contributed by atoms with Gasteiger partial charge in [-0.15, -0.1) is 0 Å². The highest BCUT2D eigenvalue weighted by Gasteiger charge is 1.92. The highest BCUT2D eigenvalue weighted by atomic mass is 16.5. The maximum atomic E-state index is 5.51. The van der Waals surface area contributed by atoms with Crippen molar-refractivity contribution in [3.05, 3.63) is 24.0 Å². The van der Waals surface area contributed by atoms with E-state index in [4.69, 9.17) is 10.6 Å². The summed E-state index contributed by atoms with van der Waals surface area (Å²) in [4.78, 5) is 0. The molecule has 0 bridgehead atoms. The van der Waals surface area contributed by atoms with Crippen LogP contribution in [0.2, 0.25) is 0 Å². The van der Waals surface area contributed by atoms with Gasteiger partial charge in [0.15, 0.2) is 0 Å². The van der Waals surface area contributed by atoms with Crippen LogP contribution in [0.1, 0.15) is 26.7 Å². The van der Waals surface area contributed by atoms with Crippen molar-refractivity contribution in [1.82, 2.24) is 5.43 Å². The zero-order valence-corrected chi connectivity index (χ0v) is 8.55. The Bertz CT molecular complexity index is 164. The Kier molecular flexibility index (Phi) is 8.72. The molecule has 0 radical (unpaired) electrons. The molecule has 3 N–H and O–H groups in total. The van der Waals surface area contributed by atoms with E-state index in [-0.39, 0.29) is 0 Å². The first-order chi connectivity index (χ1) is 6.35. The zero-order valence-electron chi connectivity index (χ0n) is 8.55. The summed E-state index contributed by atoms with van der Waals surface area (Å²) in [6.07, 6.45) is 7.83. The van der Waals surface area contributed by atoms with E-state index < -0.39 is 0 Å². The van der Waals surface area contributed by atoms with Gasteiger partial charge in [0, 0.05) is 13.0 Å². The van der Waals surface area contributed by atoms with Gasteiger partial charge in [-0.3, -0.25) is 11.3 Å². The van der Waals surface area contributed by atoms with E-state index in [0.717, 1.165) is 31.8 Å². The molecule has 76 valence electrons. The number of hydrazine groups is 1. The SMILES string of the molecule is C/C=C\C=C(/CC)OCCCNN. The molecule has 0 aromatic carbocycles. The van der Waals surface area contributed by atoms with Crippen LogP contribution in [-0.2, 0) is 4.74 Å². The van der Waals surface area contributed by atoms with Crippen LogP contribution in [0.3, 0.4) is 0 Å². The summed E-state index contributed by atoms with van der Waals surface area (Å²) in [5.74, 6) is 6.15. The smallest absolute Gasteiger partial charge is 0.0956 e. The third-order valence-electron chi connectivity index (χ3n) is 1.58. The average molecular weight is 184 g/mol.